The minimum absolute atomic E-state index is 0.00831. The van der Waals surface area contributed by atoms with Crippen molar-refractivity contribution in [3.8, 4) is 0 Å². The quantitative estimate of drug-likeness (QED) is 0.834. The first-order chi connectivity index (χ1) is 9.70. The maximum absolute atomic E-state index is 13.7. The van der Waals surface area contributed by atoms with Gasteiger partial charge in [0.2, 0.25) is 10.0 Å². The number of hydrogen-bond acceptors (Lipinski definition) is 5. The summed E-state index contributed by atoms with van der Waals surface area (Å²) in [6.07, 6.45) is 0.926. The molecule has 0 fully saturated rings. The molecule has 0 amide bonds. The Balaban J connectivity index is 2.35. The van der Waals surface area contributed by atoms with Gasteiger partial charge in [0.15, 0.2) is 9.84 Å². The van der Waals surface area contributed by atoms with Crippen LogP contribution < -0.4 is 4.72 Å². The Labute approximate surface area is 126 Å². The van der Waals surface area contributed by atoms with Gasteiger partial charge in [-0.3, -0.25) is 0 Å². The van der Waals surface area contributed by atoms with Crippen LogP contribution >= 0.6 is 11.3 Å². The Bertz CT molecular complexity index is 843. The van der Waals surface area contributed by atoms with Crippen molar-refractivity contribution in [1.29, 1.82) is 0 Å². The summed E-state index contributed by atoms with van der Waals surface area (Å²) < 4.78 is 63.0. The summed E-state index contributed by atoms with van der Waals surface area (Å²) in [4.78, 5) is -0.930. The molecule has 1 heterocycles. The molecule has 114 valence electrons. The molecule has 0 saturated carbocycles. The smallest absolute Gasteiger partial charge is 0.224 e. The minimum Gasteiger partial charge on any atom is -0.224 e. The average molecular weight is 349 g/mol. The summed E-state index contributed by atoms with van der Waals surface area (Å²) in [7, 11) is -7.75. The SMILES string of the molecule is CS(=O)(=O)c1ccc(F)c(S(=O)(=O)NCc2ccsc2)c1. The lowest BCUT2D eigenvalue weighted by Crippen LogP contribution is -2.24. The van der Waals surface area contributed by atoms with Crippen LogP contribution in [0.2, 0.25) is 0 Å². The molecule has 5 nitrogen and oxygen atoms in total. The molecule has 0 atom stereocenters. The van der Waals surface area contributed by atoms with Gasteiger partial charge >= 0.3 is 0 Å². The van der Waals surface area contributed by atoms with Crippen LogP contribution in [0.5, 0.6) is 0 Å². The molecule has 2 aromatic rings. The molecule has 9 heteroatoms. The van der Waals surface area contributed by atoms with E-state index in [4.69, 9.17) is 0 Å². The third-order valence-electron chi connectivity index (χ3n) is 2.67. The fourth-order valence-electron chi connectivity index (χ4n) is 1.57. The predicted molar refractivity (Wildman–Crippen MR) is 77.9 cm³/mol. The Morgan fingerprint density at radius 2 is 1.90 bits per heavy atom. The highest BCUT2D eigenvalue weighted by atomic mass is 32.2. The molecule has 1 aromatic carbocycles. The van der Waals surface area contributed by atoms with E-state index in [0.717, 1.165) is 30.0 Å². The van der Waals surface area contributed by atoms with Crippen molar-refractivity contribution < 1.29 is 21.2 Å². The Morgan fingerprint density at radius 3 is 2.48 bits per heavy atom. The first kappa shape index (κ1) is 16.1. The maximum Gasteiger partial charge on any atom is 0.243 e. The molecule has 0 aliphatic rings. The van der Waals surface area contributed by atoms with E-state index in [1.165, 1.54) is 11.3 Å². The zero-order chi connectivity index (χ0) is 15.7. The maximum atomic E-state index is 13.7. The second-order valence-corrected chi connectivity index (χ2v) is 8.85. The van der Waals surface area contributed by atoms with Crippen LogP contribution in [0.4, 0.5) is 4.39 Å². The molecule has 0 radical (unpaired) electrons. The van der Waals surface area contributed by atoms with E-state index < -0.39 is 30.6 Å². The number of benzene rings is 1. The lowest BCUT2D eigenvalue weighted by Gasteiger charge is -2.08. The summed E-state index contributed by atoms with van der Waals surface area (Å²) >= 11 is 1.41. The number of rotatable bonds is 5. The molecule has 0 spiro atoms. The van der Waals surface area contributed by atoms with Crippen LogP contribution in [0, 0.1) is 5.82 Å². The summed E-state index contributed by atoms with van der Waals surface area (Å²) in [6.45, 7) is 0.00831. The van der Waals surface area contributed by atoms with Crippen molar-refractivity contribution in [2.45, 2.75) is 16.3 Å². The lowest BCUT2D eigenvalue weighted by atomic mass is 10.3. The van der Waals surface area contributed by atoms with Gasteiger partial charge in [-0.2, -0.15) is 11.3 Å². The standard InChI is InChI=1S/C12H12FNO4S3/c1-20(15,16)10-2-3-11(13)12(6-10)21(17,18)14-7-9-4-5-19-8-9/h2-6,8,14H,7H2,1H3. The van der Waals surface area contributed by atoms with Crippen LogP contribution in [0.1, 0.15) is 5.56 Å². The van der Waals surface area contributed by atoms with Crippen LogP contribution in [-0.2, 0) is 26.4 Å². The van der Waals surface area contributed by atoms with Crippen molar-refractivity contribution in [1.82, 2.24) is 4.72 Å². The molecule has 0 aliphatic carbocycles. The van der Waals surface area contributed by atoms with Crippen molar-refractivity contribution >= 4 is 31.2 Å². The topological polar surface area (TPSA) is 80.3 Å². The number of thiophene rings is 1. The Hall–Kier alpha value is -1.29. The Kier molecular flexibility index (Phi) is 4.47. The highest BCUT2D eigenvalue weighted by molar-refractivity contribution is 7.91. The van der Waals surface area contributed by atoms with Crippen molar-refractivity contribution in [3.05, 3.63) is 46.4 Å². The van der Waals surface area contributed by atoms with Crippen LogP contribution in [-0.4, -0.2) is 23.1 Å². The summed E-state index contributed by atoms with van der Waals surface area (Å²) in [5, 5.41) is 3.54. The van der Waals surface area contributed by atoms with Gasteiger partial charge in [-0.25, -0.2) is 25.9 Å². The number of halogens is 1. The number of hydrogen-bond donors (Lipinski definition) is 1. The van der Waals surface area contributed by atoms with Gasteiger partial charge in [-0.05, 0) is 40.6 Å². The van der Waals surface area contributed by atoms with E-state index in [2.05, 4.69) is 4.72 Å². The molecule has 1 N–H and O–H groups in total. The summed E-state index contributed by atoms with van der Waals surface area (Å²) in [5.41, 5.74) is 0.739. The molecule has 1 aromatic heterocycles. The van der Waals surface area contributed by atoms with E-state index in [0.29, 0.717) is 0 Å². The Morgan fingerprint density at radius 1 is 1.19 bits per heavy atom. The third kappa shape index (κ3) is 3.88. The molecule has 0 unspecified atom stereocenters. The zero-order valence-corrected chi connectivity index (χ0v) is 13.4. The largest absolute Gasteiger partial charge is 0.243 e. The normalized spacial score (nSPS) is 12.5. The molecular formula is C12H12FNO4S3. The predicted octanol–water partition coefficient (Wildman–Crippen LogP) is 1.77. The lowest BCUT2D eigenvalue weighted by molar-refractivity contribution is 0.555. The summed E-state index contributed by atoms with van der Waals surface area (Å²) in [6, 6.07) is 4.41. The molecular weight excluding hydrogens is 337 g/mol. The molecule has 2 rings (SSSR count). The first-order valence-electron chi connectivity index (χ1n) is 5.70. The van der Waals surface area contributed by atoms with Gasteiger partial charge in [0, 0.05) is 12.8 Å². The molecule has 0 saturated heterocycles. The van der Waals surface area contributed by atoms with E-state index in [1.807, 2.05) is 0 Å². The van der Waals surface area contributed by atoms with Crippen molar-refractivity contribution in [2.75, 3.05) is 6.26 Å². The number of nitrogens with one attached hydrogen (secondary N) is 1. The van der Waals surface area contributed by atoms with Gasteiger partial charge < -0.3 is 0 Å². The van der Waals surface area contributed by atoms with Gasteiger partial charge in [-0.1, -0.05) is 0 Å². The summed E-state index contributed by atoms with van der Waals surface area (Å²) in [5.74, 6) is -1.000. The van der Waals surface area contributed by atoms with Gasteiger partial charge in [0.05, 0.1) is 4.90 Å². The second-order valence-electron chi connectivity index (χ2n) is 4.32. The van der Waals surface area contributed by atoms with E-state index >= 15 is 0 Å². The van der Waals surface area contributed by atoms with Crippen molar-refractivity contribution in [3.63, 3.8) is 0 Å². The van der Waals surface area contributed by atoms with Gasteiger partial charge in [0.25, 0.3) is 0 Å². The monoisotopic (exact) mass is 349 g/mol. The van der Waals surface area contributed by atoms with Crippen LogP contribution in [0.3, 0.4) is 0 Å². The van der Waals surface area contributed by atoms with Crippen LogP contribution in [0.25, 0.3) is 0 Å². The second kappa shape index (κ2) is 5.84. The number of sulfone groups is 1. The molecule has 0 bridgehead atoms. The number of sulfonamides is 1. The fraction of sp³-hybridized carbons (Fsp3) is 0.167. The van der Waals surface area contributed by atoms with Gasteiger partial charge in [-0.15, -0.1) is 0 Å². The zero-order valence-electron chi connectivity index (χ0n) is 10.9. The molecule has 21 heavy (non-hydrogen) atoms. The third-order valence-corrected chi connectivity index (χ3v) is 5.93. The molecule has 0 aliphatic heterocycles. The highest BCUT2D eigenvalue weighted by Gasteiger charge is 2.21. The van der Waals surface area contributed by atoms with E-state index in [-0.39, 0.29) is 11.4 Å². The van der Waals surface area contributed by atoms with E-state index in [9.17, 15) is 21.2 Å². The fourth-order valence-corrected chi connectivity index (χ4v) is 4.08. The highest BCUT2D eigenvalue weighted by Crippen LogP contribution is 2.20. The van der Waals surface area contributed by atoms with Crippen molar-refractivity contribution in [2.24, 2.45) is 0 Å². The first-order valence-corrected chi connectivity index (χ1v) is 10.0. The minimum atomic E-state index is -4.13. The average Bonchev–Trinajstić information content (AvgIpc) is 2.88. The van der Waals surface area contributed by atoms with Gasteiger partial charge in [0.1, 0.15) is 10.7 Å². The van der Waals surface area contributed by atoms with E-state index in [1.54, 1.807) is 16.8 Å². The van der Waals surface area contributed by atoms with Crippen LogP contribution in [0.15, 0.2) is 44.8 Å².